The van der Waals surface area contributed by atoms with Gasteiger partial charge in [0, 0.05) is 34.7 Å². The van der Waals surface area contributed by atoms with Crippen molar-refractivity contribution in [1.82, 2.24) is 4.98 Å². The molecular formula is C22H15N3O4. The number of anilines is 2. The average molecular weight is 385 g/mol. The SMILES string of the molecule is O=C(Nc1cccc(NC(=O)c2cc3ccccc3oc2=O)c1)c1ccncc1. The number of nitrogens with one attached hydrogen (secondary N) is 2. The van der Waals surface area contributed by atoms with Crippen LogP contribution >= 0.6 is 0 Å². The topological polar surface area (TPSA) is 101 Å². The molecule has 0 bridgehead atoms. The van der Waals surface area contributed by atoms with Gasteiger partial charge in [0.05, 0.1) is 0 Å². The molecule has 2 N–H and O–H groups in total. The highest BCUT2D eigenvalue weighted by Crippen LogP contribution is 2.18. The fourth-order valence-corrected chi connectivity index (χ4v) is 2.80. The van der Waals surface area contributed by atoms with E-state index < -0.39 is 11.5 Å². The van der Waals surface area contributed by atoms with E-state index in [2.05, 4.69) is 15.6 Å². The molecule has 29 heavy (non-hydrogen) atoms. The minimum absolute atomic E-state index is 0.102. The summed E-state index contributed by atoms with van der Waals surface area (Å²) in [5.74, 6) is -0.895. The summed E-state index contributed by atoms with van der Waals surface area (Å²) in [6.45, 7) is 0. The van der Waals surface area contributed by atoms with Crippen molar-refractivity contribution in [3.63, 3.8) is 0 Å². The molecule has 7 heteroatoms. The predicted octanol–water partition coefficient (Wildman–Crippen LogP) is 3.69. The van der Waals surface area contributed by atoms with Gasteiger partial charge in [-0.25, -0.2) is 4.79 Å². The Morgan fingerprint density at radius 2 is 1.48 bits per heavy atom. The number of amides is 2. The second kappa shape index (κ2) is 7.77. The molecular weight excluding hydrogens is 370 g/mol. The highest BCUT2D eigenvalue weighted by Gasteiger charge is 2.14. The fraction of sp³-hybridized carbons (Fsp3) is 0. The number of fused-ring (bicyclic) bond motifs is 1. The Hall–Kier alpha value is -4.26. The zero-order valence-electron chi connectivity index (χ0n) is 15.1. The van der Waals surface area contributed by atoms with E-state index in [1.54, 1.807) is 60.7 Å². The third-order valence-electron chi connectivity index (χ3n) is 4.21. The first-order chi connectivity index (χ1) is 14.1. The minimum atomic E-state index is -0.719. The highest BCUT2D eigenvalue weighted by molar-refractivity contribution is 6.07. The van der Waals surface area contributed by atoms with Crippen LogP contribution in [0.25, 0.3) is 11.0 Å². The van der Waals surface area contributed by atoms with Gasteiger partial charge in [-0.05, 0) is 42.5 Å². The molecule has 0 aliphatic carbocycles. The van der Waals surface area contributed by atoms with Crippen LogP contribution < -0.4 is 16.3 Å². The van der Waals surface area contributed by atoms with E-state index >= 15 is 0 Å². The Morgan fingerprint density at radius 1 is 0.793 bits per heavy atom. The summed E-state index contributed by atoms with van der Waals surface area (Å²) in [6.07, 6.45) is 3.06. The maximum absolute atomic E-state index is 12.6. The van der Waals surface area contributed by atoms with Crippen molar-refractivity contribution in [2.45, 2.75) is 0 Å². The van der Waals surface area contributed by atoms with Crippen LogP contribution in [-0.2, 0) is 0 Å². The van der Waals surface area contributed by atoms with Crippen molar-refractivity contribution >= 4 is 34.2 Å². The molecule has 0 saturated carbocycles. The summed E-state index contributed by atoms with van der Waals surface area (Å²) in [6, 6.07) is 18.3. The first kappa shape index (κ1) is 18.1. The van der Waals surface area contributed by atoms with Gasteiger partial charge in [0.2, 0.25) is 0 Å². The molecule has 0 radical (unpaired) electrons. The Labute approximate surface area is 165 Å². The van der Waals surface area contributed by atoms with Gasteiger partial charge >= 0.3 is 5.63 Å². The summed E-state index contributed by atoms with van der Waals surface area (Å²) >= 11 is 0. The molecule has 4 aromatic rings. The Balaban J connectivity index is 1.53. The van der Waals surface area contributed by atoms with E-state index in [0.29, 0.717) is 27.9 Å². The number of hydrogen-bond acceptors (Lipinski definition) is 5. The molecule has 0 spiro atoms. The van der Waals surface area contributed by atoms with Crippen molar-refractivity contribution < 1.29 is 14.0 Å². The monoisotopic (exact) mass is 385 g/mol. The van der Waals surface area contributed by atoms with Gasteiger partial charge < -0.3 is 15.1 Å². The molecule has 2 heterocycles. The van der Waals surface area contributed by atoms with Gasteiger partial charge in [0.1, 0.15) is 11.1 Å². The zero-order chi connectivity index (χ0) is 20.2. The molecule has 2 aromatic heterocycles. The largest absolute Gasteiger partial charge is 0.422 e. The second-order valence-electron chi connectivity index (χ2n) is 6.21. The molecule has 7 nitrogen and oxygen atoms in total. The fourth-order valence-electron chi connectivity index (χ4n) is 2.80. The molecule has 4 rings (SSSR count). The van der Waals surface area contributed by atoms with Gasteiger partial charge in [0.15, 0.2) is 0 Å². The number of nitrogens with zero attached hydrogens (tertiary/aromatic N) is 1. The third kappa shape index (κ3) is 4.03. The van der Waals surface area contributed by atoms with Gasteiger partial charge in [0.25, 0.3) is 11.8 Å². The standard InChI is InChI=1S/C22H15N3O4/c26-20(14-8-10-23-11-9-14)24-16-5-3-6-17(13-16)25-21(27)18-12-15-4-1-2-7-19(15)29-22(18)28/h1-13H,(H,24,26)(H,25,27). The lowest BCUT2D eigenvalue weighted by atomic mass is 10.1. The second-order valence-corrected chi connectivity index (χ2v) is 6.21. The van der Waals surface area contributed by atoms with E-state index in [4.69, 9.17) is 4.42 Å². The van der Waals surface area contributed by atoms with Gasteiger partial charge in [-0.15, -0.1) is 0 Å². The molecule has 0 fully saturated rings. The minimum Gasteiger partial charge on any atom is -0.422 e. The van der Waals surface area contributed by atoms with Crippen molar-refractivity contribution in [2.24, 2.45) is 0 Å². The summed E-state index contributed by atoms with van der Waals surface area (Å²) in [7, 11) is 0. The predicted molar refractivity (Wildman–Crippen MR) is 109 cm³/mol. The van der Waals surface area contributed by atoms with Crippen LogP contribution in [0, 0.1) is 0 Å². The number of carbonyl (C=O) groups excluding carboxylic acids is 2. The lowest BCUT2D eigenvalue weighted by molar-refractivity contribution is 0.101. The summed E-state index contributed by atoms with van der Waals surface area (Å²) in [5, 5.41) is 6.05. The van der Waals surface area contributed by atoms with Crippen LogP contribution in [0.3, 0.4) is 0 Å². The van der Waals surface area contributed by atoms with E-state index in [9.17, 15) is 14.4 Å². The Bertz CT molecular complexity index is 1270. The Morgan fingerprint density at radius 3 is 2.24 bits per heavy atom. The van der Waals surface area contributed by atoms with Crippen molar-refractivity contribution in [2.75, 3.05) is 10.6 Å². The maximum Gasteiger partial charge on any atom is 0.349 e. The molecule has 0 unspecified atom stereocenters. The van der Waals surface area contributed by atoms with Crippen LogP contribution in [0.15, 0.2) is 88.3 Å². The quantitative estimate of drug-likeness (QED) is 0.522. The summed E-state index contributed by atoms with van der Waals surface area (Å²) < 4.78 is 5.20. The van der Waals surface area contributed by atoms with Crippen LogP contribution in [0.2, 0.25) is 0 Å². The molecule has 2 aromatic carbocycles. The van der Waals surface area contributed by atoms with Crippen LogP contribution in [0.4, 0.5) is 11.4 Å². The van der Waals surface area contributed by atoms with Crippen molar-refractivity contribution in [3.8, 4) is 0 Å². The van der Waals surface area contributed by atoms with Crippen LogP contribution in [0.5, 0.6) is 0 Å². The number of rotatable bonds is 4. The molecule has 2 amide bonds. The number of hydrogen-bond donors (Lipinski definition) is 2. The van der Waals surface area contributed by atoms with Gasteiger partial charge in [-0.3, -0.25) is 14.6 Å². The number of para-hydroxylation sites is 1. The van der Waals surface area contributed by atoms with E-state index in [-0.39, 0.29) is 11.5 Å². The number of carbonyl (C=O) groups is 2. The summed E-state index contributed by atoms with van der Waals surface area (Å²) in [4.78, 5) is 40.8. The Kier molecular flexibility index (Phi) is 4.86. The third-order valence-corrected chi connectivity index (χ3v) is 4.21. The first-order valence-corrected chi connectivity index (χ1v) is 8.76. The van der Waals surface area contributed by atoms with E-state index in [1.165, 1.54) is 18.5 Å². The molecule has 0 aliphatic heterocycles. The number of benzene rings is 2. The highest BCUT2D eigenvalue weighted by atomic mass is 16.4. The maximum atomic E-state index is 12.6. The van der Waals surface area contributed by atoms with E-state index in [1.807, 2.05) is 0 Å². The van der Waals surface area contributed by atoms with Crippen molar-refractivity contribution in [1.29, 1.82) is 0 Å². The lowest BCUT2D eigenvalue weighted by Crippen LogP contribution is -2.20. The number of aromatic nitrogens is 1. The summed E-state index contributed by atoms with van der Waals surface area (Å²) in [5.41, 5.74) is 0.974. The number of pyridine rings is 1. The first-order valence-electron chi connectivity index (χ1n) is 8.76. The van der Waals surface area contributed by atoms with E-state index in [0.717, 1.165) is 0 Å². The van der Waals surface area contributed by atoms with Crippen LogP contribution in [0.1, 0.15) is 20.7 Å². The average Bonchev–Trinajstić information content (AvgIpc) is 2.74. The van der Waals surface area contributed by atoms with Gasteiger partial charge in [-0.2, -0.15) is 0 Å². The lowest BCUT2D eigenvalue weighted by Gasteiger charge is -2.09. The normalized spacial score (nSPS) is 10.5. The van der Waals surface area contributed by atoms with Crippen LogP contribution in [-0.4, -0.2) is 16.8 Å². The smallest absolute Gasteiger partial charge is 0.349 e. The zero-order valence-corrected chi connectivity index (χ0v) is 15.1. The molecule has 0 atom stereocenters. The molecule has 0 aliphatic rings. The van der Waals surface area contributed by atoms with Gasteiger partial charge in [-0.1, -0.05) is 24.3 Å². The molecule has 142 valence electrons. The van der Waals surface area contributed by atoms with Crippen molar-refractivity contribution in [3.05, 3.63) is 101 Å². The molecule has 0 saturated heterocycles.